The van der Waals surface area contributed by atoms with Crippen LogP contribution in [-0.2, 0) is 9.59 Å². The second-order valence-electron chi connectivity index (χ2n) is 4.60. The molecule has 0 spiro atoms. The normalized spacial score (nSPS) is 10.2. The molecule has 0 aromatic heterocycles. The van der Waals surface area contributed by atoms with Crippen molar-refractivity contribution < 1.29 is 9.59 Å². The molecule has 2 amide bonds. The Kier molecular flexibility index (Phi) is 6.02. The molecule has 0 unspecified atom stereocenters. The minimum Gasteiger partial charge on any atom is -0.342 e. The third-order valence-corrected chi connectivity index (χ3v) is 3.66. The van der Waals surface area contributed by atoms with E-state index in [1.54, 1.807) is 17.0 Å². The highest BCUT2D eigenvalue weighted by Crippen LogP contribution is 2.23. The average molecular weight is 297 g/mol. The number of hydrogen-bond acceptors (Lipinski definition) is 2. The van der Waals surface area contributed by atoms with Crippen LogP contribution in [0.15, 0.2) is 18.2 Å². The van der Waals surface area contributed by atoms with Gasteiger partial charge in [0.2, 0.25) is 11.8 Å². The van der Waals surface area contributed by atoms with Crippen molar-refractivity contribution in [1.82, 2.24) is 4.90 Å². The number of halogens is 1. The zero-order valence-corrected chi connectivity index (χ0v) is 13.2. The summed E-state index contributed by atoms with van der Waals surface area (Å²) in [7, 11) is 0. The molecule has 0 aliphatic heterocycles. The van der Waals surface area contributed by atoms with Gasteiger partial charge in [0.25, 0.3) is 0 Å². The molecule has 0 fully saturated rings. The van der Waals surface area contributed by atoms with E-state index in [9.17, 15) is 9.59 Å². The lowest BCUT2D eigenvalue weighted by Gasteiger charge is -2.25. The van der Waals surface area contributed by atoms with Crippen LogP contribution in [0.4, 0.5) is 5.69 Å². The fourth-order valence-electron chi connectivity index (χ4n) is 1.95. The summed E-state index contributed by atoms with van der Waals surface area (Å²) in [6, 6.07) is 5.36. The number of benzene rings is 1. The molecule has 0 atom stereocenters. The number of anilines is 1. The number of amides is 2. The van der Waals surface area contributed by atoms with Crippen LogP contribution in [-0.4, -0.2) is 36.3 Å². The maximum atomic E-state index is 12.1. The molecule has 0 N–H and O–H groups in total. The van der Waals surface area contributed by atoms with E-state index in [4.69, 9.17) is 11.6 Å². The fourth-order valence-corrected chi connectivity index (χ4v) is 2.12. The highest BCUT2D eigenvalue weighted by molar-refractivity contribution is 6.31. The van der Waals surface area contributed by atoms with Gasteiger partial charge in [-0.25, -0.2) is 0 Å². The quantitative estimate of drug-likeness (QED) is 0.838. The van der Waals surface area contributed by atoms with Crippen LogP contribution < -0.4 is 4.90 Å². The van der Waals surface area contributed by atoms with Gasteiger partial charge >= 0.3 is 0 Å². The number of aryl methyl sites for hydroxylation is 1. The van der Waals surface area contributed by atoms with Crippen LogP contribution in [0.3, 0.4) is 0 Å². The van der Waals surface area contributed by atoms with Crippen molar-refractivity contribution in [3.05, 3.63) is 28.8 Å². The van der Waals surface area contributed by atoms with Gasteiger partial charge in [-0.15, -0.1) is 0 Å². The maximum Gasteiger partial charge on any atom is 0.242 e. The largest absolute Gasteiger partial charge is 0.342 e. The van der Waals surface area contributed by atoms with Gasteiger partial charge in [0.05, 0.1) is 0 Å². The molecule has 5 heteroatoms. The average Bonchev–Trinajstić information content (AvgIpc) is 2.40. The van der Waals surface area contributed by atoms with Crippen LogP contribution in [0.1, 0.15) is 26.3 Å². The second kappa shape index (κ2) is 7.29. The van der Waals surface area contributed by atoms with E-state index in [0.29, 0.717) is 23.8 Å². The van der Waals surface area contributed by atoms with E-state index in [0.717, 1.165) is 5.56 Å². The van der Waals surface area contributed by atoms with E-state index < -0.39 is 0 Å². The molecule has 20 heavy (non-hydrogen) atoms. The summed E-state index contributed by atoms with van der Waals surface area (Å²) < 4.78 is 0. The van der Waals surface area contributed by atoms with E-state index in [1.165, 1.54) is 11.8 Å². The minimum absolute atomic E-state index is 0.0381. The number of carbonyl (C=O) groups is 2. The van der Waals surface area contributed by atoms with Crippen molar-refractivity contribution in [3.8, 4) is 0 Å². The minimum atomic E-state index is -0.176. The predicted octanol–water partition coefficient (Wildman–Crippen LogP) is 2.87. The van der Waals surface area contributed by atoms with Gasteiger partial charge < -0.3 is 9.80 Å². The zero-order chi connectivity index (χ0) is 15.3. The molecule has 0 saturated carbocycles. The lowest BCUT2D eigenvalue weighted by molar-refractivity contribution is -0.130. The van der Waals surface area contributed by atoms with Crippen LogP contribution in [0, 0.1) is 6.92 Å². The van der Waals surface area contributed by atoms with Crippen molar-refractivity contribution in [2.75, 3.05) is 24.5 Å². The van der Waals surface area contributed by atoms with Gasteiger partial charge in [0.1, 0.15) is 6.54 Å². The molecule has 1 rings (SSSR count). The van der Waals surface area contributed by atoms with Crippen molar-refractivity contribution in [3.63, 3.8) is 0 Å². The van der Waals surface area contributed by atoms with E-state index in [2.05, 4.69) is 0 Å². The molecule has 0 aliphatic carbocycles. The molecule has 110 valence electrons. The Labute approximate surface area is 125 Å². The number of likely N-dealkylation sites (N-methyl/N-ethyl adjacent to an activating group) is 1. The summed E-state index contributed by atoms with van der Waals surface area (Å²) in [5.74, 6) is -0.243. The summed E-state index contributed by atoms with van der Waals surface area (Å²) in [5.41, 5.74) is 1.59. The lowest BCUT2D eigenvalue weighted by Crippen LogP contribution is -2.42. The SMILES string of the molecule is CCN(CC)C(=O)CN(C(C)=O)c1ccc(C)c(Cl)c1. The van der Waals surface area contributed by atoms with Crippen molar-refractivity contribution >= 4 is 29.1 Å². The Morgan fingerprint density at radius 1 is 1.20 bits per heavy atom. The standard InChI is InChI=1S/C15H21ClN2O2/c1-5-17(6-2)15(20)10-18(12(4)19)13-8-7-11(3)14(16)9-13/h7-9H,5-6,10H2,1-4H3. The third-order valence-electron chi connectivity index (χ3n) is 3.26. The highest BCUT2D eigenvalue weighted by Gasteiger charge is 2.19. The molecule has 4 nitrogen and oxygen atoms in total. The smallest absolute Gasteiger partial charge is 0.242 e. The lowest BCUT2D eigenvalue weighted by atomic mass is 10.2. The van der Waals surface area contributed by atoms with Gasteiger partial charge in [0, 0.05) is 30.7 Å². The van der Waals surface area contributed by atoms with Crippen LogP contribution in [0.5, 0.6) is 0 Å². The first-order valence-corrected chi connectivity index (χ1v) is 7.10. The predicted molar refractivity (Wildman–Crippen MR) is 82.1 cm³/mol. The monoisotopic (exact) mass is 296 g/mol. The number of rotatable bonds is 5. The van der Waals surface area contributed by atoms with Gasteiger partial charge in [-0.3, -0.25) is 9.59 Å². The van der Waals surface area contributed by atoms with Gasteiger partial charge in [-0.05, 0) is 38.5 Å². The van der Waals surface area contributed by atoms with Crippen molar-refractivity contribution in [2.24, 2.45) is 0 Å². The Morgan fingerprint density at radius 2 is 1.80 bits per heavy atom. The summed E-state index contributed by atoms with van der Waals surface area (Å²) in [6.45, 7) is 8.49. The van der Waals surface area contributed by atoms with E-state index in [1.807, 2.05) is 26.8 Å². The molecular formula is C15H21ClN2O2. The molecule has 1 aromatic rings. The first-order chi connectivity index (χ1) is 9.40. The fraction of sp³-hybridized carbons (Fsp3) is 0.467. The van der Waals surface area contributed by atoms with Crippen molar-refractivity contribution in [2.45, 2.75) is 27.7 Å². The summed E-state index contributed by atoms with van der Waals surface area (Å²) >= 11 is 6.08. The zero-order valence-electron chi connectivity index (χ0n) is 12.4. The van der Waals surface area contributed by atoms with Crippen LogP contribution in [0.25, 0.3) is 0 Å². The Hall–Kier alpha value is -1.55. The molecule has 0 saturated heterocycles. The molecule has 0 radical (unpaired) electrons. The highest BCUT2D eigenvalue weighted by atomic mass is 35.5. The first-order valence-electron chi connectivity index (χ1n) is 6.72. The first kappa shape index (κ1) is 16.5. The van der Waals surface area contributed by atoms with Gasteiger partial charge in [-0.1, -0.05) is 17.7 Å². The molecule has 0 aliphatic rings. The van der Waals surface area contributed by atoms with Gasteiger partial charge in [0.15, 0.2) is 0 Å². The van der Waals surface area contributed by atoms with Gasteiger partial charge in [-0.2, -0.15) is 0 Å². The number of nitrogens with zero attached hydrogens (tertiary/aromatic N) is 2. The number of hydrogen-bond donors (Lipinski definition) is 0. The third kappa shape index (κ3) is 3.97. The molecular weight excluding hydrogens is 276 g/mol. The Morgan fingerprint density at radius 3 is 2.25 bits per heavy atom. The maximum absolute atomic E-state index is 12.1. The summed E-state index contributed by atoms with van der Waals surface area (Å²) in [4.78, 5) is 27.1. The second-order valence-corrected chi connectivity index (χ2v) is 5.01. The summed E-state index contributed by atoms with van der Waals surface area (Å²) in [5, 5.41) is 0.587. The Bertz CT molecular complexity index is 499. The van der Waals surface area contributed by atoms with E-state index in [-0.39, 0.29) is 18.4 Å². The molecule has 0 heterocycles. The van der Waals surface area contributed by atoms with Crippen molar-refractivity contribution in [1.29, 1.82) is 0 Å². The van der Waals surface area contributed by atoms with E-state index >= 15 is 0 Å². The van der Waals surface area contributed by atoms with Crippen LogP contribution in [0.2, 0.25) is 5.02 Å². The summed E-state index contributed by atoms with van der Waals surface area (Å²) in [6.07, 6.45) is 0. The number of carbonyl (C=O) groups excluding carboxylic acids is 2. The Balaban J connectivity index is 2.97. The molecule has 0 bridgehead atoms. The topological polar surface area (TPSA) is 40.6 Å². The molecule has 1 aromatic carbocycles. The van der Waals surface area contributed by atoms with Crippen LogP contribution >= 0.6 is 11.6 Å².